The monoisotopic (exact) mass is 414 g/mol. The van der Waals surface area contributed by atoms with E-state index >= 15 is 0 Å². The number of rotatable bonds is 7. The molecule has 0 bridgehead atoms. The number of aryl methyl sites for hydroxylation is 2. The van der Waals surface area contributed by atoms with Crippen LogP contribution in [0.4, 0.5) is 0 Å². The van der Waals surface area contributed by atoms with Crippen molar-refractivity contribution in [2.24, 2.45) is 0 Å². The summed E-state index contributed by atoms with van der Waals surface area (Å²) in [5, 5.41) is 8.91. The van der Waals surface area contributed by atoms with E-state index in [9.17, 15) is 4.79 Å². The van der Waals surface area contributed by atoms with Crippen molar-refractivity contribution in [3.8, 4) is 0 Å². The molecule has 2 aromatic rings. The molecule has 2 N–H and O–H groups in total. The third-order valence-corrected chi connectivity index (χ3v) is 6.16. The zero-order chi connectivity index (χ0) is 17.7. The van der Waals surface area contributed by atoms with Gasteiger partial charge in [-0.3, -0.25) is 0 Å². The van der Waals surface area contributed by atoms with Gasteiger partial charge < -0.3 is 0 Å². The van der Waals surface area contributed by atoms with Crippen molar-refractivity contribution in [3.63, 3.8) is 0 Å². The van der Waals surface area contributed by atoms with E-state index in [2.05, 4.69) is 37.0 Å². The van der Waals surface area contributed by atoms with Crippen molar-refractivity contribution in [3.05, 3.63) is 50.0 Å². The Hall–Kier alpha value is -1.24. The maximum atomic E-state index is 12.3. The van der Waals surface area contributed by atoms with Crippen LogP contribution in [0.3, 0.4) is 0 Å². The van der Waals surface area contributed by atoms with Crippen molar-refractivity contribution in [1.29, 1.82) is 0 Å². The predicted molar refractivity (Wildman–Crippen MR) is 99.2 cm³/mol. The van der Waals surface area contributed by atoms with Gasteiger partial charge in [0.15, 0.2) is 0 Å². The van der Waals surface area contributed by atoms with Crippen LogP contribution in [-0.4, -0.2) is 42.8 Å². The number of nitrogens with zero attached hydrogens (tertiary/aromatic N) is 1. The first-order chi connectivity index (χ1) is 11.5. The van der Waals surface area contributed by atoms with Gasteiger partial charge in [0, 0.05) is 0 Å². The molecule has 0 saturated heterocycles. The van der Waals surface area contributed by atoms with Gasteiger partial charge in [-0.15, -0.1) is 0 Å². The molecule has 0 unspecified atom stereocenters. The van der Waals surface area contributed by atoms with Gasteiger partial charge >= 0.3 is 153 Å². The number of ether oxygens (including phenoxy) is 1. The SMILES string of the molecule is CCc1c([Se]c2cc(C)cc(C)c2)n(COCCO)c(=S)[nH]c1=O. The van der Waals surface area contributed by atoms with Gasteiger partial charge in [0.25, 0.3) is 0 Å². The second-order valence-corrected chi connectivity index (χ2v) is 8.13. The second-order valence-electron chi connectivity index (χ2n) is 5.51. The topological polar surface area (TPSA) is 67.2 Å². The Morgan fingerprint density at radius 1 is 1.29 bits per heavy atom. The summed E-state index contributed by atoms with van der Waals surface area (Å²) in [5.41, 5.74) is 3.03. The van der Waals surface area contributed by atoms with E-state index in [-0.39, 0.29) is 40.5 Å². The molecule has 0 amide bonds. The Kier molecular flexibility index (Phi) is 6.95. The Bertz CT molecular complexity index is 809. The van der Waals surface area contributed by atoms with Crippen molar-refractivity contribution >= 4 is 36.2 Å². The number of nitrogens with one attached hydrogen (secondary N) is 1. The van der Waals surface area contributed by atoms with Crippen LogP contribution >= 0.6 is 12.2 Å². The number of hydrogen-bond donors (Lipinski definition) is 2. The normalized spacial score (nSPS) is 11.0. The molecule has 0 atom stereocenters. The molecular weight excluding hydrogens is 391 g/mol. The third-order valence-electron chi connectivity index (χ3n) is 3.46. The summed E-state index contributed by atoms with van der Waals surface area (Å²) in [6.07, 6.45) is 0.632. The zero-order valence-electron chi connectivity index (χ0n) is 14.1. The Morgan fingerprint density at radius 2 is 1.96 bits per heavy atom. The van der Waals surface area contributed by atoms with E-state index in [0.29, 0.717) is 11.2 Å². The van der Waals surface area contributed by atoms with Gasteiger partial charge in [0.2, 0.25) is 0 Å². The number of hydrogen-bond acceptors (Lipinski definition) is 4. The van der Waals surface area contributed by atoms with Crippen LogP contribution in [0.1, 0.15) is 23.6 Å². The van der Waals surface area contributed by atoms with Crippen LogP contribution in [0, 0.1) is 18.6 Å². The van der Waals surface area contributed by atoms with Crippen LogP contribution in [0.2, 0.25) is 0 Å². The minimum atomic E-state index is -0.123. The van der Waals surface area contributed by atoms with Gasteiger partial charge in [0.05, 0.1) is 0 Å². The van der Waals surface area contributed by atoms with Crippen LogP contribution in [0.5, 0.6) is 0 Å². The molecule has 0 saturated carbocycles. The summed E-state index contributed by atoms with van der Waals surface area (Å²) < 4.78 is 9.77. The van der Waals surface area contributed by atoms with Gasteiger partial charge in [-0.1, -0.05) is 0 Å². The second kappa shape index (κ2) is 8.74. The molecule has 1 aromatic carbocycles. The molecule has 0 radical (unpaired) electrons. The minimum absolute atomic E-state index is 0.0468. The first-order valence-corrected chi connectivity index (χ1v) is 9.89. The van der Waals surface area contributed by atoms with Gasteiger partial charge in [0.1, 0.15) is 0 Å². The van der Waals surface area contributed by atoms with Crippen molar-refractivity contribution in [2.45, 2.75) is 33.9 Å². The number of benzene rings is 1. The fourth-order valence-corrected chi connectivity index (χ4v) is 5.61. The van der Waals surface area contributed by atoms with Crippen LogP contribution in [-0.2, 0) is 17.9 Å². The van der Waals surface area contributed by atoms with Gasteiger partial charge in [-0.2, -0.15) is 0 Å². The molecule has 24 heavy (non-hydrogen) atoms. The van der Waals surface area contributed by atoms with E-state index in [1.807, 2.05) is 11.5 Å². The number of aromatic nitrogens is 2. The molecular formula is C17H22N2O3SSe. The molecule has 7 heteroatoms. The van der Waals surface area contributed by atoms with Crippen molar-refractivity contribution in [1.82, 2.24) is 9.55 Å². The summed E-state index contributed by atoms with van der Waals surface area (Å²) in [7, 11) is 0. The molecule has 1 aromatic heterocycles. The zero-order valence-corrected chi connectivity index (χ0v) is 16.6. The summed E-state index contributed by atoms with van der Waals surface area (Å²) in [6.45, 7) is 6.52. The van der Waals surface area contributed by atoms with Crippen molar-refractivity contribution < 1.29 is 9.84 Å². The maximum absolute atomic E-state index is 12.3. The van der Waals surface area contributed by atoms with E-state index in [1.54, 1.807) is 0 Å². The predicted octanol–water partition coefficient (Wildman–Crippen LogP) is 0.707. The van der Waals surface area contributed by atoms with Gasteiger partial charge in [-0.05, 0) is 0 Å². The number of aromatic amines is 1. The summed E-state index contributed by atoms with van der Waals surface area (Å²) in [4.78, 5) is 15.0. The van der Waals surface area contributed by atoms with Crippen LogP contribution in [0.15, 0.2) is 23.0 Å². The summed E-state index contributed by atoms with van der Waals surface area (Å²) in [5.74, 6) is 0. The number of aliphatic hydroxyl groups is 1. The Balaban J connectivity index is 2.51. The Labute approximate surface area is 152 Å². The molecule has 0 spiro atoms. The molecule has 0 aliphatic heterocycles. The Morgan fingerprint density at radius 3 is 2.54 bits per heavy atom. The standard InChI is InChI=1S/C17H22N2O3SSe/c1-4-14-15(21)18-17(23)19(10-22-6-5-20)16(14)24-13-8-11(2)7-12(3)9-13/h7-9,20H,4-6,10H2,1-3H3,(H,18,21,23). The molecule has 0 fully saturated rings. The van der Waals surface area contributed by atoms with Gasteiger partial charge in [-0.25, -0.2) is 0 Å². The van der Waals surface area contributed by atoms with Crippen LogP contribution in [0.25, 0.3) is 0 Å². The quantitative estimate of drug-likeness (QED) is 0.399. The average molecular weight is 413 g/mol. The molecule has 0 aliphatic carbocycles. The summed E-state index contributed by atoms with van der Waals surface area (Å²) in [6, 6.07) is 6.43. The molecule has 0 aliphatic rings. The van der Waals surface area contributed by atoms with Crippen LogP contribution < -0.4 is 14.6 Å². The summed E-state index contributed by atoms with van der Waals surface area (Å²) >= 11 is 5.26. The molecule has 1 heterocycles. The first-order valence-electron chi connectivity index (χ1n) is 7.77. The molecule has 2 rings (SSSR count). The fraction of sp³-hybridized carbons (Fsp3) is 0.412. The van der Waals surface area contributed by atoms with E-state index < -0.39 is 0 Å². The first kappa shape index (κ1) is 19.1. The number of H-pyrrole nitrogens is 1. The molecule has 130 valence electrons. The fourth-order valence-electron chi connectivity index (χ4n) is 2.46. The van der Waals surface area contributed by atoms with E-state index in [4.69, 9.17) is 22.1 Å². The third kappa shape index (κ3) is 4.65. The van der Waals surface area contributed by atoms with E-state index in [1.165, 1.54) is 15.6 Å². The van der Waals surface area contributed by atoms with Crippen molar-refractivity contribution in [2.75, 3.05) is 13.2 Å². The number of aliphatic hydroxyl groups excluding tert-OH is 1. The molecule has 5 nitrogen and oxygen atoms in total. The van der Waals surface area contributed by atoms with E-state index in [0.717, 1.165) is 10.2 Å². The average Bonchev–Trinajstić information content (AvgIpc) is 2.49.